The fourth-order valence-electron chi connectivity index (χ4n) is 2.51. The van der Waals surface area contributed by atoms with Gasteiger partial charge in [-0.1, -0.05) is 36.4 Å². The number of carboxylic acid groups (broad SMARTS) is 2. The average molecular weight is 348 g/mol. The Hall–Kier alpha value is -3.60. The van der Waals surface area contributed by atoms with E-state index in [1.165, 1.54) is 12.1 Å². The van der Waals surface area contributed by atoms with E-state index in [0.29, 0.717) is 12.4 Å². The van der Waals surface area contributed by atoms with Crippen molar-refractivity contribution in [2.45, 2.75) is 6.61 Å². The van der Waals surface area contributed by atoms with Gasteiger partial charge in [-0.3, -0.25) is 0 Å². The lowest BCUT2D eigenvalue weighted by molar-refractivity contribution is 0.0686. The minimum absolute atomic E-state index is 0.229. The first-order valence-electron chi connectivity index (χ1n) is 7.92. The summed E-state index contributed by atoms with van der Waals surface area (Å²) in [6.45, 7) is 0.304. The zero-order chi connectivity index (χ0) is 18.5. The van der Waals surface area contributed by atoms with Crippen LogP contribution < -0.4 is 4.74 Å². The highest BCUT2D eigenvalue weighted by Crippen LogP contribution is 2.25. The molecule has 0 bridgehead atoms. The first-order valence-corrected chi connectivity index (χ1v) is 7.92. The fourth-order valence-corrected chi connectivity index (χ4v) is 2.51. The van der Waals surface area contributed by atoms with Crippen molar-refractivity contribution in [3.8, 4) is 16.9 Å². The smallest absolute Gasteiger partial charge is 0.335 e. The molecule has 0 atom stereocenters. The van der Waals surface area contributed by atoms with E-state index in [1.807, 2.05) is 30.3 Å². The van der Waals surface area contributed by atoms with Crippen LogP contribution in [0.2, 0.25) is 0 Å². The van der Waals surface area contributed by atoms with Gasteiger partial charge in [-0.2, -0.15) is 0 Å². The SMILES string of the molecule is O=C(O)c1ccc(COc2cccc(-c3cccc(C(=O)O)c3)c2)cc1. The van der Waals surface area contributed by atoms with Gasteiger partial charge in [0, 0.05) is 0 Å². The molecule has 5 nitrogen and oxygen atoms in total. The van der Waals surface area contributed by atoms with Gasteiger partial charge in [-0.25, -0.2) is 9.59 Å². The predicted octanol–water partition coefficient (Wildman–Crippen LogP) is 4.33. The molecule has 0 spiro atoms. The van der Waals surface area contributed by atoms with Crippen molar-refractivity contribution >= 4 is 11.9 Å². The third-order valence-corrected chi connectivity index (χ3v) is 3.88. The van der Waals surface area contributed by atoms with E-state index in [4.69, 9.17) is 14.9 Å². The minimum atomic E-state index is -0.968. The molecule has 0 aromatic heterocycles. The van der Waals surface area contributed by atoms with Crippen molar-refractivity contribution in [2.75, 3.05) is 0 Å². The van der Waals surface area contributed by atoms with E-state index in [-0.39, 0.29) is 11.1 Å². The van der Waals surface area contributed by atoms with E-state index < -0.39 is 11.9 Å². The van der Waals surface area contributed by atoms with Gasteiger partial charge >= 0.3 is 11.9 Å². The van der Waals surface area contributed by atoms with Crippen LogP contribution in [-0.4, -0.2) is 22.2 Å². The van der Waals surface area contributed by atoms with Crippen molar-refractivity contribution < 1.29 is 24.5 Å². The van der Waals surface area contributed by atoms with Crippen LogP contribution in [0.5, 0.6) is 5.75 Å². The maximum atomic E-state index is 11.1. The summed E-state index contributed by atoms with van der Waals surface area (Å²) in [4.78, 5) is 22.0. The molecule has 0 radical (unpaired) electrons. The van der Waals surface area contributed by atoms with Gasteiger partial charge in [-0.05, 0) is 53.1 Å². The van der Waals surface area contributed by atoms with Crippen LogP contribution in [0.3, 0.4) is 0 Å². The van der Waals surface area contributed by atoms with Gasteiger partial charge in [-0.15, -0.1) is 0 Å². The number of carboxylic acids is 2. The van der Waals surface area contributed by atoms with Gasteiger partial charge in [0.15, 0.2) is 0 Å². The molecule has 0 saturated carbocycles. The summed E-state index contributed by atoms with van der Waals surface area (Å²) in [5.74, 6) is -1.29. The van der Waals surface area contributed by atoms with Crippen LogP contribution in [0, 0.1) is 0 Å². The molecule has 3 rings (SSSR count). The Bertz CT molecular complexity index is 945. The van der Waals surface area contributed by atoms with Crippen LogP contribution in [0.1, 0.15) is 26.3 Å². The second-order valence-electron chi connectivity index (χ2n) is 5.70. The molecule has 0 heterocycles. The molecule has 2 N–H and O–H groups in total. The number of ether oxygens (including phenoxy) is 1. The topological polar surface area (TPSA) is 83.8 Å². The van der Waals surface area contributed by atoms with Crippen molar-refractivity contribution in [3.63, 3.8) is 0 Å². The highest BCUT2D eigenvalue weighted by atomic mass is 16.5. The molecule has 0 aliphatic carbocycles. The Kier molecular flexibility index (Phi) is 4.99. The number of aromatic carboxylic acids is 2. The molecule has 0 fully saturated rings. The van der Waals surface area contributed by atoms with Crippen LogP contribution in [0.25, 0.3) is 11.1 Å². The van der Waals surface area contributed by atoms with E-state index in [9.17, 15) is 9.59 Å². The molecule has 0 amide bonds. The third-order valence-electron chi connectivity index (χ3n) is 3.88. The normalized spacial score (nSPS) is 10.3. The molecule has 26 heavy (non-hydrogen) atoms. The monoisotopic (exact) mass is 348 g/mol. The number of hydrogen-bond donors (Lipinski definition) is 2. The van der Waals surface area contributed by atoms with E-state index in [1.54, 1.807) is 30.3 Å². The van der Waals surface area contributed by atoms with E-state index >= 15 is 0 Å². The highest BCUT2D eigenvalue weighted by Gasteiger charge is 2.06. The van der Waals surface area contributed by atoms with Crippen molar-refractivity contribution in [1.29, 1.82) is 0 Å². The average Bonchev–Trinajstić information content (AvgIpc) is 2.67. The van der Waals surface area contributed by atoms with E-state index in [2.05, 4.69) is 0 Å². The number of rotatable bonds is 6. The molecule has 3 aromatic rings. The number of carbonyl (C=O) groups is 2. The van der Waals surface area contributed by atoms with Gasteiger partial charge in [0.1, 0.15) is 12.4 Å². The lowest BCUT2D eigenvalue weighted by Crippen LogP contribution is -1.99. The summed E-state index contributed by atoms with van der Waals surface area (Å²) in [5, 5.41) is 18.0. The Morgan fingerprint density at radius 1 is 0.731 bits per heavy atom. The maximum absolute atomic E-state index is 11.1. The highest BCUT2D eigenvalue weighted by molar-refractivity contribution is 5.89. The molecule has 0 aliphatic rings. The second-order valence-corrected chi connectivity index (χ2v) is 5.70. The Morgan fingerprint density at radius 2 is 1.35 bits per heavy atom. The van der Waals surface area contributed by atoms with Crippen LogP contribution >= 0.6 is 0 Å². The van der Waals surface area contributed by atoms with Crippen LogP contribution in [0.4, 0.5) is 0 Å². The largest absolute Gasteiger partial charge is 0.489 e. The van der Waals surface area contributed by atoms with Crippen LogP contribution in [0.15, 0.2) is 72.8 Å². The first-order chi connectivity index (χ1) is 12.5. The fraction of sp³-hybridized carbons (Fsp3) is 0.0476. The molecular formula is C21H16O5. The summed E-state index contributed by atoms with van der Waals surface area (Å²) in [7, 11) is 0. The number of benzene rings is 3. The summed E-state index contributed by atoms with van der Waals surface area (Å²) < 4.78 is 5.77. The molecular weight excluding hydrogens is 332 g/mol. The first kappa shape index (κ1) is 17.2. The third kappa shape index (κ3) is 4.08. The predicted molar refractivity (Wildman–Crippen MR) is 96.6 cm³/mol. The van der Waals surface area contributed by atoms with Crippen molar-refractivity contribution in [1.82, 2.24) is 0 Å². The standard InChI is InChI=1S/C21H16O5/c22-20(23)15-9-7-14(8-10-15)13-26-19-6-2-4-17(12-19)16-3-1-5-18(11-16)21(24)25/h1-12H,13H2,(H,22,23)(H,24,25). The molecule has 0 aliphatic heterocycles. The Morgan fingerprint density at radius 3 is 2.00 bits per heavy atom. The molecule has 130 valence electrons. The molecule has 0 saturated heterocycles. The summed E-state index contributed by atoms with van der Waals surface area (Å²) in [6, 6.07) is 20.6. The lowest BCUT2D eigenvalue weighted by Gasteiger charge is -2.09. The van der Waals surface area contributed by atoms with Crippen molar-refractivity contribution in [3.05, 3.63) is 89.5 Å². The Balaban J connectivity index is 1.74. The summed E-state index contributed by atoms with van der Waals surface area (Å²) >= 11 is 0. The van der Waals surface area contributed by atoms with Crippen molar-refractivity contribution in [2.24, 2.45) is 0 Å². The zero-order valence-electron chi connectivity index (χ0n) is 13.8. The Labute approximate surface area is 150 Å². The van der Waals surface area contributed by atoms with Gasteiger partial charge < -0.3 is 14.9 Å². The van der Waals surface area contributed by atoms with Gasteiger partial charge in [0.25, 0.3) is 0 Å². The maximum Gasteiger partial charge on any atom is 0.335 e. The summed E-state index contributed by atoms with van der Waals surface area (Å²) in [5.41, 5.74) is 2.96. The molecule has 5 heteroatoms. The minimum Gasteiger partial charge on any atom is -0.489 e. The summed E-state index contributed by atoms with van der Waals surface area (Å²) in [6.07, 6.45) is 0. The van der Waals surface area contributed by atoms with E-state index in [0.717, 1.165) is 16.7 Å². The molecule has 3 aromatic carbocycles. The number of hydrogen-bond acceptors (Lipinski definition) is 3. The van der Waals surface area contributed by atoms with Crippen LogP contribution in [-0.2, 0) is 6.61 Å². The van der Waals surface area contributed by atoms with Gasteiger partial charge in [0.05, 0.1) is 11.1 Å². The second kappa shape index (κ2) is 7.53. The lowest BCUT2D eigenvalue weighted by atomic mass is 10.0. The zero-order valence-corrected chi connectivity index (χ0v) is 13.8. The quantitative estimate of drug-likeness (QED) is 0.693. The van der Waals surface area contributed by atoms with Gasteiger partial charge in [0.2, 0.25) is 0 Å². The molecule has 0 unspecified atom stereocenters.